The van der Waals surface area contributed by atoms with Crippen LogP contribution in [-0.2, 0) is 6.61 Å². The van der Waals surface area contributed by atoms with E-state index in [1.165, 1.54) is 0 Å². The van der Waals surface area contributed by atoms with E-state index in [0.29, 0.717) is 45.4 Å². The fourth-order valence-corrected chi connectivity index (χ4v) is 4.60. The zero-order chi connectivity index (χ0) is 25.0. The van der Waals surface area contributed by atoms with Gasteiger partial charge in [-0.1, -0.05) is 29.3 Å². The van der Waals surface area contributed by atoms with Crippen molar-refractivity contribution in [2.45, 2.75) is 6.61 Å². The molecule has 6 rings (SSSR count). The summed E-state index contributed by atoms with van der Waals surface area (Å²) in [7, 11) is 0. The third-order valence-electron chi connectivity index (χ3n) is 5.88. The van der Waals surface area contributed by atoms with E-state index in [9.17, 15) is 9.59 Å². The Labute approximate surface area is 214 Å². The van der Waals surface area contributed by atoms with Crippen molar-refractivity contribution in [2.24, 2.45) is 5.73 Å². The molecule has 180 valence electrons. The predicted molar refractivity (Wildman–Crippen MR) is 132 cm³/mol. The van der Waals surface area contributed by atoms with E-state index in [1.807, 2.05) is 0 Å². The number of halogens is 2. The number of amides is 2. The molecule has 0 spiro atoms. The third kappa shape index (κ3) is 3.60. The molecule has 2 aliphatic heterocycles. The van der Waals surface area contributed by atoms with E-state index < -0.39 is 11.8 Å². The maximum atomic E-state index is 12.9. The molecule has 2 aliphatic rings. The molecule has 9 nitrogen and oxygen atoms in total. The van der Waals surface area contributed by atoms with Crippen molar-refractivity contribution in [3.05, 3.63) is 81.5 Å². The molecule has 3 aromatic carbocycles. The predicted octanol–water partition coefficient (Wildman–Crippen LogP) is 4.82. The number of primary amides is 1. The number of ether oxygens (including phenoxy) is 3. The number of carbonyl (C=O) groups excluding carboxylic acids is 2. The molecule has 0 radical (unpaired) electrons. The van der Waals surface area contributed by atoms with Gasteiger partial charge in [-0.2, -0.15) is 5.10 Å². The lowest BCUT2D eigenvalue weighted by atomic mass is 10.0. The molecule has 0 aliphatic carbocycles. The lowest BCUT2D eigenvalue weighted by Crippen LogP contribution is -2.16. The number of nitrogens with zero attached hydrogens (tertiary/aromatic N) is 2. The summed E-state index contributed by atoms with van der Waals surface area (Å²) in [5.41, 5.74) is 8.83. The number of benzene rings is 3. The summed E-state index contributed by atoms with van der Waals surface area (Å²) >= 11 is 12.3. The quantitative estimate of drug-likeness (QED) is 0.396. The van der Waals surface area contributed by atoms with E-state index in [-0.39, 0.29) is 34.7 Å². The minimum absolute atomic E-state index is 0.0912. The highest BCUT2D eigenvalue weighted by Crippen LogP contribution is 2.43. The molecule has 0 bridgehead atoms. The van der Waals surface area contributed by atoms with Crippen LogP contribution >= 0.6 is 23.2 Å². The smallest absolute Gasteiger partial charge is 0.269 e. The Morgan fingerprint density at radius 2 is 1.78 bits per heavy atom. The molecule has 3 heterocycles. The summed E-state index contributed by atoms with van der Waals surface area (Å²) in [5, 5.41) is 7.76. The number of aromatic nitrogens is 2. The number of rotatable bonds is 4. The first-order valence-corrected chi connectivity index (χ1v) is 11.5. The number of carbonyl (C=O) groups is 2. The second-order valence-corrected chi connectivity index (χ2v) is 8.83. The van der Waals surface area contributed by atoms with Crippen molar-refractivity contribution in [3.8, 4) is 34.2 Å². The van der Waals surface area contributed by atoms with Gasteiger partial charge in [0.25, 0.3) is 11.8 Å². The van der Waals surface area contributed by atoms with Gasteiger partial charge >= 0.3 is 0 Å². The van der Waals surface area contributed by atoms with Crippen LogP contribution in [0.2, 0.25) is 10.0 Å². The normalized spacial score (nSPS) is 12.9. The van der Waals surface area contributed by atoms with Crippen LogP contribution in [-0.4, -0.2) is 28.4 Å². The van der Waals surface area contributed by atoms with Crippen LogP contribution in [0.5, 0.6) is 17.2 Å². The summed E-state index contributed by atoms with van der Waals surface area (Å²) in [6, 6.07) is 15.3. The van der Waals surface area contributed by atoms with Gasteiger partial charge in [-0.05, 0) is 42.5 Å². The molecule has 0 fully saturated rings. The van der Waals surface area contributed by atoms with Gasteiger partial charge in [-0.3, -0.25) is 9.59 Å². The van der Waals surface area contributed by atoms with Crippen LogP contribution in [0.15, 0.2) is 54.6 Å². The number of nitrogens with one attached hydrogen (secondary N) is 1. The molecule has 2 amide bonds. The monoisotopic (exact) mass is 522 g/mol. The molecule has 11 heteroatoms. The van der Waals surface area contributed by atoms with Gasteiger partial charge in [0.05, 0.1) is 27.0 Å². The number of hydrogen-bond acceptors (Lipinski definition) is 6. The van der Waals surface area contributed by atoms with E-state index >= 15 is 0 Å². The van der Waals surface area contributed by atoms with Crippen molar-refractivity contribution in [3.63, 3.8) is 0 Å². The highest BCUT2D eigenvalue weighted by Gasteiger charge is 2.30. The molecule has 3 N–H and O–H groups in total. The number of anilines is 1. The number of nitrogens with two attached hydrogens (primary N) is 1. The highest BCUT2D eigenvalue weighted by molar-refractivity contribution is 6.44. The first-order chi connectivity index (χ1) is 17.4. The summed E-state index contributed by atoms with van der Waals surface area (Å²) in [6.07, 6.45) is 0. The van der Waals surface area contributed by atoms with Gasteiger partial charge in [0, 0.05) is 22.9 Å². The summed E-state index contributed by atoms with van der Waals surface area (Å²) < 4.78 is 18.4. The Hall–Kier alpha value is -4.21. The van der Waals surface area contributed by atoms with Gasteiger partial charge in [0.1, 0.15) is 12.4 Å². The molecule has 36 heavy (non-hydrogen) atoms. The summed E-state index contributed by atoms with van der Waals surface area (Å²) in [5.74, 6) is 0.617. The molecule has 0 atom stereocenters. The molecular weight excluding hydrogens is 507 g/mol. The van der Waals surface area contributed by atoms with Crippen LogP contribution in [0.1, 0.15) is 26.4 Å². The largest absolute Gasteiger partial charge is 0.488 e. The Morgan fingerprint density at radius 1 is 0.972 bits per heavy atom. The van der Waals surface area contributed by atoms with Gasteiger partial charge < -0.3 is 25.3 Å². The molecule has 1 aromatic heterocycles. The number of hydrogen-bond donors (Lipinski definition) is 2. The van der Waals surface area contributed by atoms with E-state index in [0.717, 1.165) is 0 Å². The Balaban J connectivity index is 1.45. The second-order valence-electron chi connectivity index (χ2n) is 8.04. The van der Waals surface area contributed by atoms with Gasteiger partial charge in [-0.15, -0.1) is 0 Å². The lowest BCUT2D eigenvalue weighted by Gasteiger charge is -2.21. The van der Waals surface area contributed by atoms with Crippen LogP contribution in [0.25, 0.3) is 16.9 Å². The van der Waals surface area contributed by atoms with Crippen molar-refractivity contribution >= 4 is 40.7 Å². The van der Waals surface area contributed by atoms with Crippen LogP contribution in [0, 0.1) is 0 Å². The molecular formula is C25H16Cl2N4O5. The first-order valence-electron chi connectivity index (χ1n) is 10.7. The zero-order valence-corrected chi connectivity index (χ0v) is 19.9. The SMILES string of the molecule is NC(=O)c1nn(-c2ccc3c(c2)OCO3)c2c1COc1ccc(NC(=O)c3cccc(Cl)c3Cl)cc1-2. The molecule has 0 saturated carbocycles. The highest BCUT2D eigenvalue weighted by atomic mass is 35.5. The second kappa shape index (κ2) is 8.47. The van der Waals surface area contributed by atoms with E-state index in [1.54, 1.807) is 59.3 Å². The summed E-state index contributed by atoms with van der Waals surface area (Å²) in [4.78, 5) is 25.1. The molecule has 0 saturated heterocycles. The average molecular weight is 523 g/mol. The summed E-state index contributed by atoms with van der Waals surface area (Å²) in [6.45, 7) is 0.230. The molecule has 4 aromatic rings. The van der Waals surface area contributed by atoms with Crippen molar-refractivity contribution < 1.29 is 23.8 Å². The van der Waals surface area contributed by atoms with Crippen LogP contribution in [0.3, 0.4) is 0 Å². The Kier molecular flexibility index (Phi) is 5.24. The van der Waals surface area contributed by atoms with Crippen molar-refractivity contribution in [2.75, 3.05) is 12.1 Å². The van der Waals surface area contributed by atoms with Crippen LogP contribution in [0.4, 0.5) is 5.69 Å². The van der Waals surface area contributed by atoms with Crippen molar-refractivity contribution in [1.82, 2.24) is 9.78 Å². The number of fused-ring (bicyclic) bond motifs is 4. The van der Waals surface area contributed by atoms with Gasteiger partial charge in [0.15, 0.2) is 17.2 Å². The van der Waals surface area contributed by atoms with E-state index in [4.69, 9.17) is 43.1 Å². The lowest BCUT2D eigenvalue weighted by molar-refractivity contribution is 0.0990. The average Bonchev–Trinajstić information content (AvgIpc) is 3.50. The first kappa shape index (κ1) is 22.3. The van der Waals surface area contributed by atoms with E-state index in [2.05, 4.69) is 10.4 Å². The van der Waals surface area contributed by atoms with Gasteiger partial charge in [0.2, 0.25) is 6.79 Å². The minimum atomic E-state index is -0.683. The standard InChI is InChI=1S/C25H16Cl2N4O5/c26-17-3-1-2-14(21(17)27)25(33)29-12-4-6-18-15(8-12)23-16(10-34-18)22(24(28)32)30-31(23)13-5-7-19-20(9-13)36-11-35-19/h1-9H,10-11H2,(H2,28,32)(H,29,33). The Morgan fingerprint density at radius 3 is 2.61 bits per heavy atom. The third-order valence-corrected chi connectivity index (χ3v) is 6.70. The fraction of sp³-hybridized carbons (Fsp3) is 0.0800. The van der Waals surface area contributed by atoms with Gasteiger partial charge in [-0.25, -0.2) is 4.68 Å². The minimum Gasteiger partial charge on any atom is -0.488 e. The zero-order valence-electron chi connectivity index (χ0n) is 18.4. The molecule has 0 unspecified atom stereocenters. The Bertz CT molecular complexity index is 1580. The maximum absolute atomic E-state index is 12.9. The fourth-order valence-electron chi connectivity index (χ4n) is 4.21. The topological polar surface area (TPSA) is 118 Å². The maximum Gasteiger partial charge on any atom is 0.269 e. The van der Waals surface area contributed by atoms with Crippen LogP contribution < -0.4 is 25.3 Å². The van der Waals surface area contributed by atoms with Crippen molar-refractivity contribution in [1.29, 1.82) is 0 Å².